The second-order valence-corrected chi connectivity index (χ2v) is 4.21. The Morgan fingerprint density at radius 1 is 1.56 bits per heavy atom. The van der Waals surface area contributed by atoms with Crippen molar-refractivity contribution in [2.24, 2.45) is 7.05 Å². The van der Waals surface area contributed by atoms with E-state index in [1.165, 1.54) is 6.20 Å². The van der Waals surface area contributed by atoms with Gasteiger partial charge >= 0.3 is 0 Å². The number of rotatable bonds is 3. The van der Waals surface area contributed by atoms with Gasteiger partial charge in [0, 0.05) is 13.2 Å². The van der Waals surface area contributed by atoms with E-state index in [9.17, 15) is 4.79 Å². The normalized spacial score (nSPS) is 10.4. The zero-order valence-corrected chi connectivity index (χ0v) is 10.9. The summed E-state index contributed by atoms with van der Waals surface area (Å²) < 4.78 is 1.55. The zero-order chi connectivity index (χ0) is 13.1. The van der Waals surface area contributed by atoms with Gasteiger partial charge in [-0.15, -0.1) is 0 Å². The average molecular weight is 265 g/mol. The Labute approximate surface area is 110 Å². The molecule has 18 heavy (non-hydrogen) atoms. The van der Waals surface area contributed by atoms with Crippen molar-refractivity contribution in [3.05, 3.63) is 40.9 Å². The van der Waals surface area contributed by atoms with Crippen LogP contribution in [0.1, 0.15) is 23.1 Å². The lowest BCUT2D eigenvalue weighted by atomic mass is 10.3. The number of aryl methyl sites for hydroxylation is 2. The molecule has 2 aromatic heterocycles. The number of anilines is 1. The molecule has 2 aromatic rings. The third-order valence-corrected chi connectivity index (χ3v) is 2.87. The summed E-state index contributed by atoms with van der Waals surface area (Å²) >= 11 is 5.95. The maximum absolute atomic E-state index is 12.1. The fourth-order valence-corrected chi connectivity index (χ4v) is 1.72. The van der Waals surface area contributed by atoms with E-state index in [0.717, 1.165) is 12.1 Å². The second kappa shape index (κ2) is 5.18. The van der Waals surface area contributed by atoms with Crippen LogP contribution in [0.15, 0.2) is 24.5 Å². The van der Waals surface area contributed by atoms with Gasteiger partial charge in [-0.1, -0.05) is 18.5 Å². The third kappa shape index (κ3) is 2.51. The fourth-order valence-electron chi connectivity index (χ4n) is 1.57. The first kappa shape index (κ1) is 12.6. The molecular weight excluding hydrogens is 252 g/mol. The van der Waals surface area contributed by atoms with Gasteiger partial charge in [0.25, 0.3) is 5.91 Å². The van der Waals surface area contributed by atoms with Crippen LogP contribution in [0.5, 0.6) is 0 Å². The highest BCUT2D eigenvalue weighted by Gasteiger charge is 2.13. The highest BCUT2D eigenvalue weighted by atomic mass is 35.5. The van der Waals surface area contributed by atoms with Crippen LogP contribution in [0.3, 0.4) is 0 Å². The van der Waals surface area contributed by atoms with Gasteiger partial charge in [-0.2, -0.15) is 5.10 Å². The number of halogens is 1. The first-order valence-electron chi connectivity index (χ1n) is 5.55. The van der Waals surface area contributed by atoms with E-state index < -0.39 is 0 Å². The molecule has 2 rings (SSSR count). The topological polar surface area (TPSA) is 59.8 Å². The molecule has 1 amide bonds. The quantitative estimate of drug-likeness (QED) is 0.925. The highest BCUT2D eigenvalue weighted by Crippen LogP contribution is 2.20. The van der Waals surface area contributed by atoms with Crippen molar-refractivity contribution < 1.29 is 4.79 Å². The van der Waals surface area contributed by atoms with Gasteiger partial charge in [-0.05, 0) is 18.6 Å². The standard InChI is InChI=1S/C12H13ClN4O/c1-3-8-6-11(17(2)16-8)12(18)15-10-7-14-5-4-9(10)13/h4-7H,3H2,1-2H3,(H,15,18). The number of carbonyl (C=O) groups excluding carboxylic acids is 1. The second-order valence-electron chi connectivity index (χ2n) is 3.81. The molecule has 1 N–H and O–H groups in total. The van der Waals surface area contributed by atoms with E-state index >= 15 is 0 Å². The van der Waals surface area contributed by atoms with Crippen molar-refractivity contribution in [2.75, 3.05) is 5.32 Å². The molecule has 94 valence electrons. The van der Waals surface area contributed by atoms with E-state index in [0.29, 0.717) is 16.4 Å². The minimum absolute atomic E-state index is 0.250. The molecule has 0 spiro atoms. The molecule has 5 nitrogen and oxygen atoms in total. The first-order chi connectivity index (χ1) is 8.61. The van der Waals surface area contributed by atoms with Crippen LogP contribution < -0.4 is 5.32 Å². The number of hydrogen-bond donors (Lipinski definition) is 1. The van der Waals surface area contributed by atoms with Crippen molar-refractivity contribution in [1.29, 1.82) is 0 Å². The first-order valence-corrected chi connectivity index (χ1v) is 5.93. The summed E-state index contributed by atoms with van der Waals surface area (Å²) in [6.45, 7) is 1.99. The maximum Gasteiger partial charge on any atom is 0.274 e. The lowest BCUT2D eigenvalue weighted by Crippen LogP contribution is -2.16. The molecule has 0 radical (unpaired) electrons. The van der Waals surface area contributed by atoms with Gasteiger partial charge in [-0.25, -0.2) is 0 Å². The summed E-state index contributed by atoms with van der Waals surface area (Å²) in [6.07, 6.45) is 3.86. The van der Waals surface area contributed by atoms with E-state index in [-0.39, 0.29) is 5.91 Å². The Balaban J connectivity index is 2.22. The zero-order valence-electron chi connectivity index (χ0n) is 10.1. The number of carbonyl (C=O) groups is 1. The molecule has 0 aliphatic carbocycles. The van der Waals surface area contributed by atoms with Gasteiger partial charge in [0.1, 0.15) is 5.69 Å². The highest BCUT2D eigenvalue weighted by molar-refractivity contribution is 6.33. The Morgan fingerprint density at radius 2 is 2.33 bits per heavy atom. The van der Waals surface area contributed by atoms with Gasteiger partial charge < -0.3 is 5.32 Å². The molecule has 0 unspecified atom stereocenters. The summed E-state index contributed by atoms with van der Waals surface area (Å²) in [5.41, 5.74) is 1.86. The molecule has 0 atom stereocenters. The molecule has 0 aliphatic rings. The van der Waals surface area contributed by atoms with Crippen LogP contribution in [0.2, 0.25) is 5.02 Å². The lowest BCUT2D eigenvalue weighted by Gasteiger charge is -2.06. The number of aromatic nitrogens is 3. The smallest absolute Gasteiger partial charge is 0.274 e. The molecule has 0 fully saturated rings. The number of nitrogens with one attached hydrogen (secondary N) is 1. The fraction of sp³-hybridized carbons (Fsp3) is 0.250. The van der Waals surface area contributed by atoms with Gasteiger partial charge in [-0.3, -0.25) is 14.5 Å². The van der Waals surface area contributed by atoms with E-state index in [4.69, 9.17) is 11.6 Å². The molecular formula is C12H13ClN4O. The monoisotopic (exact) mass is 264 g/mol. The van der Waals surface area contributed by atoms with Crippen molar-refractivity contribution in [2.45, 2.75) is 13.3 Å². The predicted molar refractivity (Wildman–Crippen MR) is 69.8 cm³/mol. The van der Waals surface area contributed by atoms with E-state index in [1.54, 1.807) is 30.1 Å². The molecule has 0 saturated heterocycles. The van der Waals surface area contributed by atoms with Crippen molar-refractivity contribution in [3.8, 4) is 0 Å². The Bertz CT molecular complexity index is 579. The minimum atomic E-state index is -0.250. The maximum atomic E-state index is 12.1. The van der Waals surface area contributed by atoms with E-state index in [1.807, 2.05) is 6.92 Å². The van der Waals surface area contributed by atoms with E-state index in [2.05, 4.69) is 15.4 Å². The van der Waals surface area contributed by atoms with Crippen LogP contribution >= 0.6 is 11.6 Å². The van der Waals surface area contributed by atoms with Crippen LogP contribution in [-0.4, -0.2) is 20.7 Å². The Morgan fingerprint density at radius 3 is 2.94 bits per heavy atom. The molecule has 6 heteroatoms. The molecule has 0 aliphatic heterocycles. The summed E-state index contributed by atoms with van der Waals surface area (Å²) in [5.74, 6) is -0.250. The van der Waals surface area contributed by atoms with Crippen LogP contribution in [0.4, 0.5) is 5.69 Å². The van der Waals surface area contributed by atoms with Gasteiger partial charge in [0.05, 0.1) is 22.6 Å². The van der Waals surface area contributed by atoms with Gasteiger partial charge in [0.15, 0.2) is 0 Å². The van der Waals surface area contributed by atoms with Gasteiger partial charge in [0.2, 0.25) is 0 Å². The summed E-state index contributed by atoms with van der Waals surface area (Å²) in [5, 5.41) is 7.39. The Kier molecular flexibility index (Phi) is 3.62. The Hall–Kier alpha value is -1.88. The third-order valence-electron chi connectivity index (χ3n) is 2.54. The molecule has 0 saturated carbocycles. The summed E-state index contributed by atoms with van der Waals surface area (Å²) in [7, 11) is 1.74. The number of pyridine rings is 1. The van der Waals surface area contributed by atoms with Crippen molar-refractivity contribution >= 4 is 23.2 Å². The minimum Gasteiger partial charge on any atom is -0.318 e. The molecule has 0 aromatic carbocycles. The average Bonchev–Trinajstić information content (AvgIpc) is 2.73. The van der Waals surface area contributed by atoms with Crippen LogP contribution in [-0.2, 0) is 13.5 Å². The number of nitrogens with zero attached hydrogens (tertiary/aromatic N) is 3. The van der Waals surface area contributed by atoms with Crippen molar-refractivity contribution in [1.82, 2.24) is 14.8 Å². The largest absolute Gasteiger partial charge is 0.318 e. The van der Waals surface area contributed by atoms with Crippen LogP contribution in [0.25, 0.3) is 0 Å². The SMILES string of the molecule is CCc1cc(C(=O)Nc2cnccc2Cl)n(C)n1. The number of hydrogen-bond acceptors (Lipinski definition) is 3. The summed E-state index contributed by atoms with van der Waals surface area (Å²) in [6, 6.07) is 3.39. The number of amides is 1. The molecule has 2 heterocycles. The predicted octanol–water partition coefficient (Wildman–Crippen LogP) is 2.28. The molecule has 0 bridgehead atoms. The summed E-state index contributed by atoms with van der Waals surface area (Å²) in [4.78, 5) is 16.0. The lowest BCUT2D eigenvalue weighted by molar-refractivity contribution is 0.101. The van der Waals surface area contributed by atoms with Crippen molar-refractivity contribution in [3.63, 3.8) is 0 Å². The van der Waals surface area contributed by atoms with Crippen LogP contribution in [0, 0.1) is 0 Å².